The Morgan fingerprint density at radius 3 is 2.06 bits per heavy atom. The van der Waals surface area contributed by atoms with Crippen LogP contribution < -0.4 is 5.32 Å². The molecule has 2 nitrogen and oxygen atoms in total. The van der Waals surface area contributed by atoms with Gasteiger partial charge in [0, 0.05) is 0 Å². The highest BCUT2D eigenvalue weighted by Gasteiger charge is 2.40. The minimum absolute atomic E-state index is 0.248. The second kappa shape index (κ2) is 5.37. The van der Waals surface area contributed by atoms with Gasteiger partial charge in [0.05, 0.1) is 6.04 Å². The molecular formula is C12H13F4NO. The predicted octanol–water partition coefficient (Wildman–Crippen LogP) is 3.20. The molecule has 0 saturated carbocycles. The van der Waals surface area contributed by atoms with Crippen molar-refractivity contribution in [2.75, 3.05) is 0 Å². The topological polar surface area (TPSA) is 29.1 Å². The summed E-state index contributed by atoms with van der Waals surface area (Å²) < 4.78 is 49.3. The van der Waals surface area contributed by atoms with Crippen LogP contribution in [0.25, 0.3) is 0 Å². The Hall–Kier alpha value is -1.59. The summed E-state index contributed by atoms with van der Waals surface area (Å²) in [5, 5.41) is 1.91. The van der Waals surface area contributed by atoms with Crippen LogP contribution in [0.4, 0.5) is 17.6 Å². The first-order valence-electron chi connectivity index (χ1n) is 5.35. The van der Waals surface area contributed by atoms with Gasteiger partial charge < -0.3 is 5.32 Å². The highest BCUT2D eigenvalue weighted by molar-refractivity contribution is 5.82. The summed E-state index contributed by atoms with van der Waals surface area (Å²) in [7, 11) is 0. The van der Waals surface area contributed by atoms with Crippen LogP contribution in [0.2, 0.25) is 0 Å². The third-order valence-electron chi connectivity index (χ3n) is 2.44. The standard InChI is InChI=1S/C12H13F4NO/c1-7(2)10(17-11(18)12(14,15)16)8-3-5-9(13)6-4-8/h3-7,10H,1-2H3,(H,17,18). The molecule has 1 aromatic carbocycles. The Morgan fingerprint density at radius 2 is 1.67 bits per heavy atom. The number of carbonyl (C=O) groups is 1. The van der Waals surface area contributed by atoms with Gasteiger partial charge in [-0.2, -0.15) is 13.2 Å². The molecule has 0 aromatic heterocycles. The summed E-state index contributed by atoms with van der Waals surface area (Å²) in [5.74, 6) is -2.73. The lowest BCUT2D eigenvalue weighted by atomic mass is 9.96. The maximum atomic E-state index is 12.7. The van der Waals surface area contributed by atoms with Crippen LogP contribution in [0.3, 0.4) is 0 Å². The molecule has 1 amide bonds. The molecule has 100 valence electrons. The zero-order valence-corrected chi connectivity index (χ0v) is 9.88. The summed E-state index contributed by atoms with van der Waals surface area (Å²) in [4.78, 5) is 10.9. The molecule has 1 aromatic rings. The van der Waals surface area contributed by atoms with Gasteiger partial charge in [0.15, 0.2) is 0 Å². The Bertz CT molecular complexity index is 411. The number of hydrogen-bond donors (Lipinski definition) is 1. The second-order valence-corrected chi connectivity index (χ2v) is 4.24. The average Bonchev–Trinajstić information content (AvgIpc) is 2.25. The Morgan fingerprint density at radius 1 is 1.17 bits per heavy atom. The molecule has 1 N–H and O–H groups in total. The van der Waals surface area contributed by atoms with Crippen LogP contribution in [0.5, 0.6) is 0 Å². The molecule has 1 atom stereocenters. The molecule has 0 radical (unpaired) electrons. The maximum Gasteiger partial charge on any atom is 0.471 e. The third-order valence-corrected chi connectivity index (χ3v) is 2.44. The number of carbonyl (C=O) groups excluding carboxylic acids is 1. The molecule has 18 heavy (non-hydrogen) atoms. The highest BCUT2D eigenvalue weighted by Crippen LogP contribution is 2.24. The van der Waals surface area contributed by atoms with Crippen LogP contribution in [0.15, 0.2) is 24.3 Å². The van der Waals surface area contributed by atoms with E-state index in [0.29, 0.717) is 5.56 Å². The van der Waals surface area contributed by atoms with Crippen molar-refractivity contribution in [2.45, 2.75) is 26.1 Å². The van der Waals surface area contributed by atoms with E-state index in [2.05, 4.69) is 0 Å². The molecule has 0 saturated heterocycles. The predicted molar refractivity (Wildman–Crippen MR) is 58.2 cm³/mol. The Balaban J connectivity index is 2.91. The van der Waals surface area contributed by atoms with Crippen molar-refractivity contribution in [2.24, 2.45) is 5.92 Å². The van der Waals surface area contributed by atoms with Crippen LogP contribution in [-0.4, -0.2) is 12.1 Å². The molecule has 0 spiro atoms. The number of hydrogen-bond acceptors (Lipinski definition) is 1. The fraction of sp³-hybridized carbons (Fsp3) is 0.417. The lowest BCUT2D eigenvalue weighted by molar-refractivity contribution is -0.174. The van der Waals surface area contributed by atoms with Gasteiger partial charge in [-0.3, -0.25) is 4.79 Å². The second-order valence-electron chi connectivity index (χ2n) is 4.24. The molecule has 6 heteroatoms. The lowest BCUT2D eigenvalue weighted by Gasteiger charge is -2.23. The fourth-order valence-corrected chi connectivity index (χ4v) is 1.53. The van der Waals surface area contributed by atoms with Crippen LogP contribution in [0, 0.1) is 11.7 Å². The van der Waals surface area contributed by atoms with E-state index in [1.807, 2.05) is 5.32 Å². The molecule has 0 bridgehead atoms. The number of amides is 1. The zero-order valence-electron chi connectivity index (χ0n) is 9.88. The summed E-state index contributed by atoms with van der Waals surface area (Å²) in [6, 6.07) is 4.20. The van der Waals surface area contributed by atoms with Gasteiger partial charge in [-0.05, 0) is 23.6 Å². The van der Waals surface area contributed by atoms with Gasteiger partial charge in [0.2, 0.25) is 0 Å². The summed E-state index contributed by atoms with van der Waals surface area (Å²) in [6.45, 7) is 3.34. The minimum atomic E-state index is -4.92. The van der Waals surface area contributed by atoms with Crippen molar-refractivity contribution in [3.8, 4) is 0 Å². The molecule has 0 fully saturated rings. The van der Waals surface area contributed by atoms with Crippen molar-refractivity contribution >= 4 is 5.91 Å². The number of halogens is 4. The molecule has 0 aliphatic heterocycles. The van der Waals surface area contributed by atoms with E-state index in [9.17, 15) is 22.4 Å². The van der Waals surface area contributed by atoms with E-state index in [-0.39, 0.29) is 5.92 Å². The van der Waals surface area contributed by atoms with Crippen LogP contribution in [0.1, 0.15) is 25.5 Å². The molecule has 1 rings (SSSR count). The third kappa shape index (κ3) is 3.72. The van der Waals surface area contributed by atoms with Crippen LogP contribution >= 0.6 is 0 Å². The number of nitrogens with one attached hydrogen (secondary N) is 1. The quantitative estimate of drug-likeness (QED) is 0.834. The van der Waals surface area contributed by atoms with E-state index < -0.39 is 23.9 Å². The lowest BCUT2D eigenvalue weighted by Crippen LogP contribution is -2.40. The normalized spacial score (nSPS) is 13.5. The van der Waals surface area contributed by atoms with Gasteiger partial charge in [-0.1, -0.05) is 26.0 Å². The maximum absolute atomic E-state index is 12.7. The average molecular weight is 263 g/mol. The summed E-state index contributed by atoms with van der Waals surface area (Å²) in [6.07, 6.45) is -4.92. The zero-order chi connectivity index (χ0) is 13.9. The Kier molecular flexibility index (Phi) is 4.32. The Labute approximate surface area is 102 Å². The monoisotopic (exact) mass is 263 g/mol. The van der Waals surface area contributed by atoms with E-state index in [1.165, 1.54) is 12.1 Å². The largest absolute Gasteiger partial charge is 0.471 e. The van der Waals surface area contributed by atoms with E-state index in [1.54, 1.807) is 13.8 Å². The van der Waals surface area contributed by atoms with Crippen molar-refractivity contribution < 1.29 is 22.4 Å². The minimum Gasteiger partial charge on any atom is -0.341 e. The van der Waals surface area contributed by atoms with E-state index in [4.69, 9.17) is 0 Å². The van der Waals surface area contributed by atoms with Crippen molar-refractivity contribution in [1.82, 2.24) is 5.32 Å². The van der Waals surface area contributed by atoms with E-state index in [0.717, 1.165) is 12.1 Å². The van der Waals surface area contributed by atoms with E-state index >= 15 is 0 Å². The molecule has 0 heterocycles. The van der Waals surface area contributed by atoms with Gasteiger partial charge in [-0.25, -0.2) is 4.39 Å². The fourth-order valence-electron chi connectivity index (χ4n) is 1.53. The van der Waals surface area contributed by atoms with Crippen molar-refractivity contribution in [1.29, 1.82) is 0 Å². The molecule has 1 unspecified atom stereocenters. The smallest absolute Gasteiger partial charge is 0.341 e. The van der Waals surface area contributed by atoms with Crippen LogP contribution in [-0.2, 0) is 4.79 Å². The number of rotatable bonds is 3. The molecule has 0 aliphatic carbocycles. The van der Waals surface area contributed by atoms with Gasteiger partial charge >= 0.3 is 12.1 Å². The number of alkyl halides is 3. The first-order valence-corrected chi connectivity index (χ1v) is 5.35. The van der Waals surface area contributed by atoms with Crippen molar-refractivity contribution in [3.63, 3.8) is 0 Å². The first kappa shape index (κ1) is 14.5. The highest BCUT2D eigenvalue weighted by atomic mass is 19.4. The SMILES string of the molecule is CC(C)C(NC(=O)C(F)(F)F)c1ccc(F)cc1. The summed E-state index contributed by atoms with van der Waals surface area (Å²) in [5.41, 5.74) is 0.434. The van der Waals surface area contributed by atoms with Gasteiger partial charge in [-0.15, -0.1) is 0 Å². The number of benzene rings is 1. The molecule has 0 aliphatic rings. The first-order chi connectivity index (χ1) is 8.21. The molecular weight excluding hydrogens is 250 g/mol. The van der Waals surface area contributed by atoms with Gasteiger partial charge in [0.1, 0.15) is 5.82 Å². The summed E-state index contributed by atoms with van der Waals surface area (Å²) >= 11 is 0. The van der Waals surface area contributed by atoms with Gasteiger partial charge in [0.25, 0.3) is 0 Å². The van der Waals surface area contributed by atoms with Crippen molar-refractivity contribution in [3.05, 3.63) is 35.6 Å².